The smallest absolute Gasteiger partial charge is 0.434 e. The molecule has 1 aromatic carbocycles. The second kappa shape index (κ2) is 11.3. The van der Waals surface area contributed by atoms with Gasteiger partial charge in [0.1, 0.15) is 5.75 Å². The summed E-state index contributed by atoms with van der Waals surface area (Å²) in [5.74, 6) is 0.824. The number of benzene rings is 1. The Bertz CT molecular complexity index is 737. The molecule has 10 heteroatoms. The molecular weight excluding hydrogens is 492 g/mol. The summed E-state index contributed by atoms with van der Waals surface area (Å²) in [5, 5.41) is 17.1. The van der Waals surface area contributed by atoms with E-state index < -0.39 is 11.9 Å². The summed E-state index contributed by atoms with van der Waals surface area (Å²) in [4.78, 5) is 7.95. The maximum absolute atomic E-state index is 12.5. The molecule has 0 saturated heterocycles. The number of nitrogens with zero attached hydrogens (tertiary/aromatic N) is 2. The van der Waals surface area contributed by atoms with Crippen LogP contribution < -0.4 is 10.6 Å². The maximum Gasteiger partial charge on any atom is 0.434 e. The number of phenols is 1. The van der Waals surface area contributed by atoms with Crippen molar-refractivity contribution in [3.8, 4) is 5.75 Å². The number of aromatic hydroxyl groups is 1. The van der Waals surface area contributed by atoms with Crippen molar-refractivity contribution in [1.29, 1.82) is 0 Å². The SMILES string of the molecule is CCNC(=NCCc1nc(C(F)(F)F)cs1)NCCc1cccc(O)c1.I. The summed E-state index contributed by atoms with van der Waals surface area (Å²) < 4.78 is 37.6. The number of hydrogen-bond acceptors (Lipinski definition) is 4. The van der Waals surface area contributed by atoms with Crippen molar-refractivity contribution in [2.45, 2.75) is 25.9 Å². The topological polar surface area (TPSA) is 69.5 Å². The zero-order chi connectivity index (χ0) is 19.0. The van der Waals surface area contributed by atoms with Crippen molar-refractivity contribution < 1.29 is 18.3 Å². The van der Waals surface area contributed by atoms with Crippen molar-refractivity contribution in [1.82, 2.24) is 15.6 Å². The van der Waals surface area contributed by atoms with E-state index in [0.29, 0.717) is 43.4 Å². The molecule has 0 radical (unpaired) electrons. The Labute approximate surface area is 177 Å². The number of rotatable bonds is 7. The van der Waals surface area contributed by atoms with Crippen LogP contribution in [0, 0.1) is 0 Å². The van der Waals surface area contributed by atoms with Crippen LogP contribution in [0.25, 0.3) is 0 Å². The Balaban J connectivity index is 0.00000364. The van der Waals surface area contributed by atoms with Gasteiger partial charge in [0.25, 0.3) is 0 Å². The molecule has 2 rings (SSSR count). The number of halogens is 4. The van der Waals surface area contributed by atoms with Gasteiger partial charge in [0.05, 0.1) is 5.01 Å². The summed E-state index contributed by atoms with van der Waals surface area (Å²) in [6.45, 7) is 3.56. The van der Waals surface area contributed by atoms with E-state index in [4.69, 9.17) is 0 Å². The molecule has 0 aliphatic heterocycles. The molecule has 0 spiro atoms. The monoisotopic (exact) mass is 514 g/mol. The summed E-state index contributed by atoms with van der Waals surface area (Å²) in [5.41, 5.74) is 0.147. The second-order valence-electron chi connectivity index (χ2n) is 5.48. The standard InChI is InChI=1S/C17H21F3N4OS.HI/c1-2-21-16(22-8-6-12-4-3-5-13(25)10-12)23-9-7-15-24-14(11-26-15)17(18,19)20;/h3-5,10-11,25H,2,6-9H2,1H3,(H2,21,22,23);1H. The minimum absolute atomic E-state index is 0. The lowest BCUT2D eigenvalue weighted by Crippen LogP contribution is -2.38. The molecular formula is C17H22F3IN4OS. The van der Waals surface area contributed by atoms with Crippen LogP contribution in [0.3, 0.4) is 0 Å². The van der Waals surface area contributed by atoms with E-state index in [2.05, 4.69) is 20.6 Å². The highest BCUT2D eigenvalue weighted by molar-refractivity contribution is 14.0. The second-order valence-corrected chi connectivity index (χ2v) is 6.42. The van der Waals surface area contributed by atoms with Gasteiger partial charge in [-0.25, -0.2) is 4.98 Å². The molecule has 0 bridgehead atoms. The van der Waals surface area contributed by atoms with Gasteiger partial charge in [-0.15, -0.1) is 35.3 Å². The summed E-state index contributed by atoms with van der Waals surface area (Å²) >= 11 is 0.993. The Kier molecular flexibility index (Phi) is 9.84. The lowest BCUT2D eigenvalue weighted by Gasteiger charge is -2.11. The van der Waals surface area contributed by atoms with Gasteiger partial charge in [-0.05, 0) is 31.0 Å². The van der Waals surface area contributed by atoms with E-state index in [1.54, 1.807) is 18.2 Å². The molecule has 1 aromatic heterocycles. The van der Waals surface area contributed by atoms with Crippen molar-refractivity contribution in [3.05, 3.63) is 45.9 Å². The van der Waals surface area contributed by atoms with E-state index in [1.165, 1.54) is 0 Å². The van der Waals surface area contributed by atoms with Gasteiger partial charge in [0.15, 0.2) is 11.7 Å². The first-order chi connectivity index (χ1) is 12.4. The zero-order valence-electron chi connectivity index (χ0n) is 14.7. The molecule has 3 N–H and O–H groups in total. The van der Waals surface area contributed by atoms with Crippen LogP contribution in [-0.2, 0) is 19.0 Å². The predicted octanol–water partition coefficient (Wildman–Crippen LogP) is 3.83. The number of aromatic nitrogens is 1. The predicted molar refractivity (Wildman–Crippen MR) is 112 cm³/mol. The van der Waals surface area contributed by atoms with Gasteiger partial charge in [0.2, 0.25) is 0 Å². The number of nitrogens with one attached hydrogen (secondary N) is 2. The normalized spacial score (nSPS) is 11.8. The Morgan fingerprint density at radius 1 is 1.26 bits per heavy atom. The molecule has 0 fully saturated rings. The molecule has 5 nitrogen and oxygen atoms in total. The largest absolute Gasteiger partial charge is 0.508 e. The lowest BCUT2D eigenvalue weighted by molar-refractivity contribution is -0.140. The zero-order valence-corrected chi connectivity index (χ0v) is 17.9. The van der Waals surface area contributed by atoms with Gasteiger partial charge in [-0.2, -0.15) is 13.2 Å². The Hall–Kier alpha value is -1.56. The third kappa shape index (κ3) is 8.33. The fourth-order valence-electron chi connectivity index (χ4n) is 2.20. The van der Waals surface area contributed by atoms with Gasteiger partial charge < -0.3 is 15.7 Å². The fourth-order valence-corrected chi connectivity index (χ4v) is 2.99. The van der Waals surface area contributed by atoms with E-state index in [0.717, 1.165) is 22.3 Å². The molecule has 0 aliphatic rings. The first kappa shape index (κ1) is 23.5. The van der Waals surface area contributed by atoms with Gasteiger partial charge in [0, 0.05) is 31.4 Å². The average molecular weight is 514 g/mol. The lowest BCUT2D eigenvalue weighted by atomic mass is 10.1. The number of thiazole rings is 1. The third-order valence-corrected chi connectivity index (χ3v) is 4.31. The van der Waals surface area contributed by atoms with Crippen molar-refractivity contribution in [2.75, 3.05) is 19.6 Å². The quantitative estimate of drug-likeness (QED) is 0.299. The van der Waals surface area contributed by atoms with Crippen LogP contribution in [0.15, 0.2) is 34.6 Å². The number of aliphatic imine (C=N–C) groups is 1. The molecule has 27 heavy (non-hydrogen) atoms. The van der Waals surface area contributed by atoms with Crippen LogP contribution >= 0.6 is 35.3 Å². The first-order valence-corrected chi connectivity index (χ1v) is 9.08. The van der Waals surface area contributed by atoms with Crippen molar-refractivity contribution in [2.24, 2.45) is 4.99 Å². The maximum atomic E-state index is 12.5. The fraction of sp³-hybridized carbons (Fsp3) is 0.412. The third-order valence-electron chi connectivity index (χ3n) is 3.40. The molecule has 150 valence electrons. The van der Waals surface area contributed by atoms with Gasteiger partial charge in [-0.1, -0.05) is 12.1 Å². The van der Waals surface area contributed by atoms with Gasteiger partial charge in [-0.3, -0.25) is 4.99 Å². The number of alkyl halides is 3. The van der Waals surface area contributed by atoms with E-state index >= 15 is 0 Å². The summed E-state index contributed by atoms with van der Waals surface area (Å²) in [6, 6.07) is 7.02. The molecule has 0 aliphatic carbocycles. The molecule has 1 heterocycles. The molecule has 0 atom stereocenters. The number of hydrogen-bond donors (Lipinski definition) is 3. The molecule has 0 unspecified atom stereocenters. The Morgan fingerprint density at radius 3 is 2.67 bits per heavy atom. The number of guanidine groups is 1. The van der Waals surface area contributed by atoms with Crippen molar-refractivity contribution in [3.63, 3.8) is 0 Å². The van der Waals surface area contributed by atoms with Crippen LogP contribution in [0.5, 0.6) is 5.75 Å². The van der Waals surface area contributed by atoms with Crippen LogP contribution in [-0.4, -0.2) is 35.7 Å². The van der Waals surface area contributed by atoms with Gasteiger partial charge >= 0.3 is 6.18 Å². The van der Waals surface area contributed by atoms with E-state index in [1.807, 2.05) is 13.0 Å². The summed E-state index contributed by atoms with van der Waals surface area (Å²) in [6.07, 6.45) is -3.34. The summed E-state index contributed by atoms with van der Waals surface area (Å²) in [7, 11) is 0. The minimum atomic E-state index is -4.40. The highest BCUT2D eigenvalue weighted by Crippen LogP contribution is 2.30. The molecule has 0 saturated carbocycles. The number of phenolic OH excluding ortho intramolecular Hbond substituents is 1. The van der Waals surface area contributed by atoms with E-state index in [-0.39, 0.29) is 29.7 Å². The highest BCUT2D eigenvalue weighted by Gasteiger charge is 2.33. The highest BCUT2D eigenvalue weighted by atomic mass is 127. The first-order valence-electron chi connectivity index (χ1n) is 8.20. The minimum Gasteiger partial charge on any atom is -0.508 e. The molecule has 2 aromatic rings. The molecule has 0 amide bonds. The van der Waals surface area contributed by atoms with Crippen LogP contribution in [0.1, 0.15) is 23.2 Å². The van der Waals surface area contributed by atoms with Crippen LogP contribution in [0.4, 0.5) is 13.2 Å². The Morgan fingerprint density at radius 2 is 2.04 bits per heavy atom. The van der Waals surface area contributed by atoms with Crippen molar-refractivity contribution >= 4 is 41.3 Å². The van der Waals surface area contributed by atoms with Crippen LogP contribution in [0.2, 0.25) is 0 Å². The average Bonchev–Trinajstić information content (AvgIpc) is 3.04. The van der Waals surface area contributed by atoms with E-state index in [9.17, 15) is 18.3 Å².